The van der Waals surface area contributed by atoms with Crippen molar-refractivity contribution in [3.05, 3.63) is 24.3 Å². The zero-order valence-electron chi connectivity index (χ0n) is 12.7. The molecular formula is C14H20N2O5S. The molecule has 0 unspecified atom stereocenters. The van der Waals surface area contributed by atoms with E-state index in [2.05, 4.69) is 4.74 Å². The van der Waals surface area contributed by atoms with Gasteiger partial charge in [0.15, 0.2) is 0 Å². The van der Waals surface area contributed by atoms with Crippen molar-refractivity contribution in [3.8, 4) is 5.75 Å². The summed E-state index contributed by atoms with van der Waals surface area (Å²) in [5.74, 6) is 0.299. The monoisotopic (exact) mass is 328 g/mol. The lowest BCUT2D eigenvalue weighted by Gasteiger charge is -2.33. The van der Waals surface area contributed by atoms with E-state index in [9.17, 15) is 13.2 Å². The number of sulfonamides is 1. The predicted octanol–water partition coefficient (Wildman–Crippen LogP) is 0.175. The Morgan fingerprint density at radius 3 is 2.18 bits per heavy atom. The quantitative estimate of drug-likeness (QED) is 0.718. The van der Waals surface area contributed by atoms with Crippen molar-refractivity contribution in [3.63, 3.8) is 0 Å². The Labute approximate surface area is 130 Å². The number of carbonyl (C=O) groups excluding carboxylic acids is 1. The van der Waals surface area contributed by atoms with Crippen molar-refractivity contribution in [2.75, 3.05) is 46.9 Å². The molecule has 0 aromatic heterocycles. The first kappa shape index (κ1) is 16.7. The van der Waals surface area contributed by atoms with Crippen LogP contribution in [0.25, 0.3) is 0 Å². The summed E-state index contributed by atoms with van der Waals surface area (Å²) in [6, 6.07) is 6.32. The van der Waals surface area contributed by atoms with E-state index in [1.807, 2.05) is 4.90 Å². The van der Waals surface area contributed by atoms with Gasteiger partial charge in [0, 0.05) is 26.2 Å². The molecular weight excluding hydrogens is 308 g/mol. The van der Waals surface area contributed by atoms with Crippen molar-refractivity contribution in [2.45, 2.75) is 4.90 Å². The number of carbonyl (C=O) groups is 1. The highest BCUT2D eigenvalue weighted by atomic mass is 32.2. The second-order valence-electron chi connectivity index (χ2n) is 4.93. The number of piperazine rings is 1. The molecule has 1 aliphatic rings. The van der Waals surface area contributed by atoms with E-state index in [-0.39, 0.29) is 17.4 Å². The molecule has 7 nitrogen and oxygen atoms in total. The minimum absolute atomic E-state index is 0.187. The number of ether oxygens (including phenoxy) is 2. The number of esters is 1. The first-order valence-electron chi connectivity index (χ1n) is 6.90. The van der Waals surface area contributed by atoms with Gasteiger partial charge in [-0.2, -0.15) is 4.31 Å². The first-order chi connectivity index (χ1) is 10.5. The van der Waals surface area contributed by atoms with Crippen LogP contribution in [0.15, 0.2) is 29.2 Å². The third-order valence-corrected chi connectivity index (χ3v) is 5.52. The van der Waals surface area contributed by atoms with Crippen molar-refractivity contribution >= 4 is 16.0 Å². The standard InChI is InChI=1S/C14H20N2O5S/c1-20-12-3-5-13(6-4-12)22(18,19)16-9-7-15(8-10-16)11-14(17)21-2/h3-6H,7-11H2,1-2H3. The van der Waals surface area contributed by atoms with Gasteiger partial charge in [-0.25, -0.2) is 8.42 Å². The van der Waals surface area contributed by atoms with Crippen LogP contribution in [0.1, 0.15) is 0 Å². The smallest absolute Gasteiger partial charge is 0.319 e. The molecule has 8 heteroatoms. The molecule has 1 saturated heterocycles. The van der Waals surface area contributed by atoms with E-state index in [1.165, 1.54) is 30.7 Å². The van der Waals surface area contributed by atoms with Gasteiger partial charge < -0.3 is 9.47 Å². The molecule has 1 aromatic carbocycles. The topological polar surface area (TPSA) is 76.2 Å². The van der Waals surface area contributed by atoms with Gasteiger partial charge >= 0.3 is 5.97 Å². The molecule has 22 heavy (non-hydrogen) atoms. The lowest BCUT2D eigenvalue weighted by atomic mass is 10.3. The lowest BCUT2D eigenvalue weighted by molar-refractivity contribution is -0.142. The normalized spacial score (nSPS) is 17.2. The predicted molar refractivity (Wildman–Crippen MR) is 80.2 cm³/mol. The van der Waals surface area contributed by atoms with Gasteiger partial charge in [-0.3, -0.25) is 9.69 Å². The van der Waals surface area contributed by atoms with Gasteiger partial charge in [-0.15, -0.1) is 0 Å². The van der Waals surface area contributed by atoms with Gasteiger partial charge in [0.2, 0.25) is 10.0 Å². The first-order valence-corrected chi connectivity index (χ1v) is 8.35. The van der Waals surface area contributed by atoms with Crippen LogP contribution in [0.3, 0.4) is 0 Å². The maximum Gasteiger partial charge on any atom is 0.319 e. The van der Waals surface area contributed by atoms with Crippen LogP contribution in [0.4, 0.5) is 0 Å². The second kappa shape index (κ2) is 7.08. The Hall–Kier alpha value is -1.64. The Balaban J connectivity index is 2.01. The SMILES string of the molecule is COC(=O)CN1CCN(S(=O)(=O)c2ccc(OC)cc2)CC1. The van der Waals surface area contributed by atoms with E-state index in [1.54, 1.807) is 12.1 Å². The van der Waals surface area contributed by atoms with Crippen molar-refractivity contribution in [1.29, 1.82) is 0 Å². The van der Waals surface area contributed by atoms with Crippen molar-refractivity contribution < 1.29 is 22.7 Å². The molecule has 0 atom stereocenters. The third kappa shape index (κ3) is 3.76. The number of methoxy groups -OCH3 is 2. The van der Waals surface area contributed by atoms with E-state index < -0.39 is 10.0 Å². The van der Waals surface area contributed by atoms with Gasteiger partial charge in [0.05, 0.1) is 25.7 Å². The molecule has 1 heterocycles. The van der Waals surface area contributed by atoms with Crippen LogP contribution in [-0.4, -0.2) is 70.5 Å². The fourth-order valence-electron chi connectivity index (χ4n) is 2.27. The highest BCUT2D eigenvalue weighted by Crippen LogP contribution is 2.20. The van der Waals surface area contributed by atoms with E-state index in [0.29, 0.717) is 31.9 Å². The van der Waals surface area contributed by atoms with E-state index in [0.717, 1.165) is 0 Å². The average molecular weight is 328 g/mol. The maximum absolute atomic E-state index is 12.5. The van der Waals surface area contributed by atoms with Crippen LogP contribution in [0.5, 0.6) is 5.75 Å². The molecule has 1 aromatic rings. The third-order valence-electron chi connectivity index (χ3n) is 3.61. The van der Waals surface area contributed by atoms with Crippen LogP contribution < -0.4 is 4.74 Å². The highest BCUT2D eigenvalue weighted by Gasteiger charge is 2.29. The molecule has 0 aliphatic carbocycles. The van der Waals surface area contributed by atoms with Crippen LogP contribution in [0.2, 0.25) is 0 Å². The van der Waals surface area contributed by atoms with E-state index >= 15 is 0 Å². The summed E-state index contributed by atoms with van der Waals surface area (Å²) >= 11 is 0. The maximum atomic E-state index is 12.5. The average Bonchev–Trinajstić information content (AvgIpc) is 2.55. The largest absolute Gasteiger partial charge is 0.497 e. The van der Waals surface area contributed by atoms with Gasteiger partial charge in [0.1, 0.15) is 5.75 Å². The Morgan fingerprint density at radius 1 is 1.09 bits per heavy atom. The van der Waals surface area contributed by atoms with Gasteiger partial charge in [0.25, 0.3) is 0 Å². The Morgan fingerprint density at radius 2 is 1.68 bits per heavy atom. The molecule has 0 spiro atoms. The summed E-state index contributed by atoms with van der Waals surface area (Å²) in [6.45, 7) is 1.90. The van der Waals surface area contributed by atoms with Crippen molar-refractivity contribution in [1.82, 2.24) is 9.21 Å². The minimum atomic E-state index is -3.51. The number of benzene rings is 1. The molecule has 1 fully saturated rings. The molecule has 2 rings (SSSR count). The minimum Gasteiger partial charge on any atom is -0.497 e. The number of nitrogens with zero attached hydrogens (tertiary/aromatic N) is 2. The summed E-state index contributed by atoms with van der Waals surface area (Å²) in [5.41, 5.74) is 0. The summed E-state index contributed by atoms with van der Waals surface area (Å²) < 4.78 is 36.2. The fourth-order valence-corrected chi connectivity index (χ4v) is 3.69. The molecule has 0 saturated carbocycles. The van der Waals surface area contributed by atoms with E-state index in [4.69, 9.17) is 4.74 Å². The Bertz CT molecular complexity index is 607. The molecule has 0 radical (unpaired) electrons. The zero-order valence-corrected chi connectivity index (χ0v) is 13.5. The summed E-state index contributed by atoms with van der Waals surface area (Å²) in [6.07, 6.45) is 0. The number of rotatable bonds is 5. The fraction of sp³-hybridized carbons (Fsp3) is 0.500. The Kier molecular flexibility index (Phi) is 5.38. The molecule has 0 amide bonds. The van der Waals surface area contributed by atoms with Crippen LogP contribution in [0, 0.1) is 0 Å². The van der Waals surface area contributed by atoms with Crippen LogP contribution in [-0.2, 0) is 19.6 Å². The summed E-state index contributed by atoms with van der Waals surface area (Å²) in [4.78, 5) is 13.4. The molecule has 0 bridgehead atoms. The van der Waals surface area contributed by atoms with Crippen LogP contribution >= 0.6 is 0 Å². The summed E-state index contributed by atoms with van der Waals surface area (Å²) in [5, 5.41) is 0. The van der Waals surface area contributed by atoms with Gasteiger partial charge in [-0.05, 0) is 24.3 Å². The number of hydrogen-bond acceptors (Lipinski definition) is 6. The van der Waals surface area contributed by atoms with Crippen molar-refractivity contribution in [2.24, 2.45) is 0 Å². The highest BCUT2D eigenvalue weighted by molar-refractivity contribution is 7.89. The molecule has 0 N–H and O–H groups in total. The zero-order chi connectivity index (χ0) is 16.2. The lowest BCUT2D eigenvalue weighted by Crippen LogP contribution is -2.49. The van der Waals surface area contributed by atoms with Gasteiger partial charge in [-0.1, -0.05) is 0 Å². The summed E-state index contributed by atoms with van der Waals surface area (Å²) in [7, 11) is -0.638. The molecule has 122 valence electrons. The molecule has 1 aliphatic heterocycles. The second-order valence-corrected chi connectivity index (χ2v) is 6.87. The number of hydrogen-bond donors (Lipinski definition) is 0.